The molecule has 198 valence electrons. The van der Waals surface area contributed by atoms with E-state index in [0.717, 1.165) is 43.5 Å². The minimum absolute atomic E-state index is 0.0448. The van der Waals surface area contributed by atoms with Crippen molar-refractivity contribution in [3.8, 4) is 16.9 Å². The van der Waals surface area contributed by atoms with Gasteiger partial charge in [-0.1, -0.05) is 6.07 Å². The molecule has 1 N–H and O–H groups in total. The molecule has 2 heterocycles. The lowest BCUT2D eigenvalue weighted by Gasteiger charge is -2.32. The number of aromatic nitrogens is 1. The molecule has 2 atom stereocenters. The highest BCUT2D eigenvalue weighted by atomic mass is 16.5. The lowest BCUT2D eigenvalue weighted by molar-refractivity contribution is 0.0648. The van der Waals surface area contributed by atoms with E-state index in [0.29, 0.717) is 35.6 Å². The number of carbonyl (C=O) groups is 1. The molecular weight excluding hydrogens is 470 g/mol. The summed E-state index contributed by atoms with van der Waals surface area (Å²) in [4.78, 5) is 27.9. The third-order valence-corrected chi connectivity index (χ3v) is 7.86. The molecule has 2 fully saturated rings. The maximum absolute atomic E-state index is 13.9. The number of piperidine rings is 1. The fourth-order valence-electron chi connectivity index (χ4n) is 5.75. The first-order valence-corrected chi connectivity index (χ1v) is 13.2. The van der Waals surface area contributed by atoms with E-state index in [-0.39, 0.29) is 23.4 Å². The van der Waals surface area contributed by atoms with Crippen molar-refractivity contribution < 1.29 is 18.7 Å². The van der Waals surface area contributed by atoms with Crippen LogP contribution in [0.25, 0.3) is 22.2 Å². The van der Waals surface area contributed by atoms with Crippen LogP contribution in [-0.4, -0.2) is 60.9 Å². The monoisotopic (exact) mass is 507 g/mol. The van der Waals surface area contributed by atoms with Crippen molar-refractivity contribution in [2.24, 2.45) is 12.5 Å². The van der Waals surface area contributed by atoms with Crippen LogP contribution in [0.15, 0.2) is 45.6 Å². The first-order chi connectivity index (χ1) is 17.8. The number of hydrogen-bond donors (Lipinski definition) is 1. The highest BCUT2D eigenvalue weighted by Crippen LogP contribution is 2.54. The number of ether oxygens (including phenoxy) is 2. The van der Waals surface area contributed by atoms with Crippen LogP contribution in [0, 0.1) is 5.41 Å². The molecule has 8 nitrogen and oxygen atoms in total. The molecule has 1 aliphatic carbocycles. The summed E-state index contributed by atoms with van der Waals surface area (Å²) < 4.78 is 18.2. The number of nitrogens with one attached hydrogen (secondary N) is 1. The highest BCUT2D eigenvalue weighted by molar-refractivity contribution is 5.96. The third-order valence-electron chi connectivity index (χ3n) is 7.86. The summed E-state index contributed by atoms with van der Waals surface area (Å²) in [6, 6.07) is 11.7. The van der Waals surface area contributed by atoms with Gasteiger partial charge in [0.2, 0.25) is 0 Å². The van der Waals surface area contributed by atoms with Gasteiger partial charge in [0.25, 0.3) is 5.91 Å². The standard InChI is InChI=1S/C29H37N3O5/c1-19(2)32(26-17-29(26)11-5-12-30-18-29)27(33)21-7-9-22(25(16-21)36-14-6-13-35-4)20-8-10-24-23(15-20)31(3)28(34)37-24/h7-10,15-16,19,26,30H,5-6,11-14,17-18H2,1-4H3/t26?,29-/m1/s1. The maximum atomic E-state index is 13.9. The van der Waals surface area contributed by atoms with Crippen LogP contribution in [0.2, 0.25) is 0 Å². The van der Waals surface area contributed by atoms with Crippen LogP contribution in [0.5, 0.6) is 5.75 Å². The van der Waals surface area contributed by atoms with Gasteiger partial charge in [-0.05, 0) is 75.5 Å². The average Bonchev–Trinajstić information content (AvgIpc) is 3.48. The van der Waals surface area contributed by atoms with Gasteiger partial charge in [0.15, 0.2) is 5.58 Å². The summed E-state index contributed by atoms with van der Waals surface area (Å²) in [6.45, 7) is 7.31. The van der Waals surface area contributed by atoms with Crippen molar-refractivity contribution in [1.29, 1.82) is 0 Å². The predicted octanol–water partition coefficient (Wildman–Crippen LogP) is 4.21. The number of amides is 1. The Morgan fingerprint density at radius 1 is 1.24 bits per heavy atom. The molecule has 1 saturated heterocycles. The van der Waals surface area contributed by atoms with Crippen LogP contribution in [-0.2, 0) is 11.8 Å². The Bertz CT molecular complexity index is 1340. The maximum Gasteiger partial charge on any atom is 0.419 e. The molecule has 37 heavy (non-hydrogen) atoms. The van der Waals surface area contributed by atoms with Crippen molar-refractivity contribution in [2.75, 3.05) is 33.4 Å². The molecule has 1 amide bonds. The summed E-state index contributed by atoms with van der Waals surface area (Å²) >= 11 is 0. The Labute approximate surface area is 217 Å². The molecule has 2 aromatic carbocycles. The molecular formula is C29H37N3O5. The topological polar surface area (TPSA) is 85.9 Å². The van der Waals surface area contributed by atoms with Gasteiger partial charge in [0.1, 0.15) is 5.75 Å². The van der Waals surface area contributed by atoms with Gasteiger partial charge in [0, 0.05) is 62.4 Å². The van der Waals surface area contributed by atoms with Gasteiger partial charge in [-0.25, -0.2) is 4.79 Å². The number of hydrogen-bond acceptors (Lipinski definition) is 6. The number of fused-ring (bicyclic) bond motifs is 1. The van der Waals surface area contributed by atoms with E-state index < -0.39 is 5.76 Å². The molecule has 5 rings (SSSR count). The zero-order valence-corrected chi connectivity index (χ0v) is 22.2. The van der Waals surface area contributed by atoms with Crippen molar-refractivity contribution in [2.45, 2.75) is 51.6 Å². The van der Waals surface area contributed by atoms with Gasteiger partial charge in [-0.2, -0.15) is 0 Å². The number of methoxy groups -OCH3 is 1. The largest absolute Gasteiger partial charge is 0.493 e. The molecule has 1 aliphatic heterocycles. The van der Waals surface area contributed by atoms with E-state index in [1.54, 1.807) is 20.2 Å². The van der Waals surface area contributed by atoms with E-state index in [9.17, 15) is 9.59 Å². The van der Waals surface area contributed by atoms with Crippen molar-refractivity contribution in [1.82, 2.24) is 14.8 Å². The normalized spacial score (nSPS) is 21.1. The Kier molecular flexibility index (Phi) is 7.14. The summed E-state index contributed by atoms with van der Waals surface area (Å²) in [5, 5.41) is 3.53. The molecule has 0 bridgehead atoms. The SMILES string of the molecule is COCCCOc1cc(C(=O)N(C(C)C)C2C[C@@]23CCCNC3)ccc1-c1ccc2oc(=O)n(C)c2c1. The zero-order valence-electron chi connectivity index (χ0n) is 22.2. The minimum Gasteiger partial charge on any atom is -0.493 e. The van der Waals surface area contributed by atoms with Crippen molar-refractivity contribution >= 4 is 17.0 Å². The fraction of sp³-hybridized carbons (Fsp3) is 0.517. The van der Waals surface area contributed by atoms with Crippen molar-refractivity contribution in [3.63, 3.8) is 0 Å². The van der Waals surface area contributed by atoms with Gasteiger partial charge < -0.3 is 24.1 Å². The van der Waals surface area contributed by atoms with E-state index >= 15 is 0 Å². The van der Waals surface area contributed by atoms with Crippen LogP contribution >= 0.6 is 0 Å². The molecule has 1 unspecified atom stereocenters. The number of rotatable bonds is 9. The number of nitrogens with zero attached hydrogens (tertiary/aromatic N) is 2. The number of oxazole rings is 1. The van der Waals surface area contributed by atoms with Gasteiger partial charge >= 0.3 is 5.76 Å². The number of carbonyl (C=O) groups excluding carboxylic acids is 1. The van der Waals surface area contributed by atoms with Crippen LogP contribution in [0.3, 0.4) is 0 Å². The van der Waals surface area contributed by atoms with Gasteiger partial charge in [-0.15, -0.1) is 0 Å². The average molecular weight is 508 g/mol. The van der Waals surface area contributed by atoms with E-state index in [1.807, 2.05) is 30.3 Å². The quantitative estimate of drug-likeness (QED) is 0.437. The Morgan fingerprint density at radius 3 is 2.81 bits per heavy atom. The first-order valence-electron chi connectivity index (χ1n) is 13.2. The molecule has 8 heteroatoms. The molecule has 2 aliphatic rings. The summed E-state index contributed by atoms with van der Waals surface area (Å²) in [7, 11) is 3.36. The van der Waals surface area contributed by atoms with Gasteiger partial charge in [0.05, 0.1) is 12.1 Å². The smallest absolute Gasteiger partial charge is 0.419 e. The Hall–Kier alpha value is -3.10. The summed E-state index contributed by atoms with van der Waals surface area (Å²) in [5.41, 5.74) is 3.84. The third kappa shape index (κ3) is 4.92. The second-order valence-electron chi connectivity index (χ2n) is 10.7. The number of benzene rings is 2. The molecule has 1 saturated carbocycles. The molecule has 3 aromatic rings. The van der Waals surface area contributed by atoms with Gasteiger partial charge in [-0.3, -0.25) is 9.36 Å². The molecule has 1 aromatic heterocycles. The highest BCUT2D eigenvalue weighted by Gasteiger charge is 2.58. The summed E-state index contributed by atoms with van der Waals surface area (Å²) in [5.74, 6) is 0.288. The van der Waals surface area contributed by atoms with E-state index in [1.165, 1.54) is 11.0 Å². The number of aryl methyl sites for hydroxylation is 1. The predicted molar refractivity (Wildman–Crippen MR) is 143 cm³/mol. The molecule has 0 radical (unpaired) electrons. The van der Waals surface area contributed by atoms with Crippen molar-refractivity contribution in [3.05, 3.63) is 52.5 Å². The van der Waals surface area contributed by atoms with Crippen LogP contribution in [0.1, 0.15) is 49.9 Å². The van der Waals surface area contributed by atoms with Crippen LogP contribution in [0.4, 0.5) is 0 Å². The minimum atomic E-state index is -0.399. The summed E-state index contributed by atoms with van der Waals surface area (Å²) in [6.07, 6.45) is 4.13. The van der Waals surface area contributed by atoms with E-state index in [2.05, 4.69) is 24.1 Å². The second kappa shape index (κ2) is 10.3. The lowest BCUT2D eigenvalue weighted by Crippen LogP contribution is -2.44. The second-order valence-corrected chi connectivity index (χ2v) is 10.7. The fourth-order valence-corrected chi connectivity index (χ4v) is 5.75. The Balaban J connectivity index is 1.47. The Morgan fingerprint density at radius 2 is 2.08 bits per heavy atom. The first kappa shape index (κ1) is 25.5. The zero-order chi connectivity index (χ0) is 26.2. The van der Waals surface area contributed by atoms with Crippen LogP contribution < -0.4 is 15.8 Å². The molecule has 1 spiro atoms. The lowest BCUT2D eigenvalue weighted by atomic mass is 9.94. The van der Waals surface area contributed by atoms with E-state index in [4.69, 9.17) is 13.9 Å².